The van der Waals surface area contributed by atoms with Crippen molar-refractivity contribution in [3.8, 4) is 6.07 Å². The molecule has 0 saturated heterocycles. The van der Waals surface area contributed by atoms with Gasteiger partial charge in [0.15, 0.2) is 0 Å². The molecule has 0 aliphatic carbocycles. The number of nitriles is 1. The molecule has 0 atom stereocenters. The summed E-state index contributed by atoms with van der Waals surface area (Å²) in [5, 5.41) is 11.5. The van der Waals surface area contributed by atoms with E-state index in [4.69, 9.17) is 5.26 Å². The summed E-state index contributed by atoms with van der Waals surface area (Å²) in [6.07, 6.45) is 1.24. The predicted octanol–water partition coefficient (Wildman–Crippen LogP) is 2.24. The maximum Gasteiger partial charge on any atom is 0.145 e. The van der Waals surface area contributed by atoms with E-state index in [2.05, 4.69) is 15.3 Å². The molecule has 4 nitrogen and oxygen atoms in total. The number of hydrogen-bond acceptors (Lipinski definition) is 4. The molecule has 0 amide bonds. The van der Waals surface area contributed by atoms with Crippen molar-refractivity contribution in [2.45, 2.75) is 6.54 Å². The average molecular weight is 246 g/mol. The fourth-order valence-electron chi connectivity index (χ4n) is 1.37. The standard InChI is InChI=1S/C12H8F2N4/c13-9-2-1-8(11(14)3-9)6-16-12-4-10(5-15)17-7-18-12/h1-4,7H,6H2,(H,16,17,18). The molecule has 6 heteroatoms. The van der Waals surface area contributed by atoms with Crippen LogP contribution in [-0.2, 0) is 6.54 Å². The van der Waals surface area contributed by atoms with Crippen molar-refractivity contribution in [2.75, 3.05) is 5.32 Å². The summed E-state index contributed by atoms with van der Waals surface area (Å²) >= 11 is 0. The van der Waals surface area contributed by atoms with E-state index in [0.29, 0.717) is 11.4 Å². The molecular weight excluding hydrogens is 238 g/mol. The van der Waals surface area contributed by atoms with Gasteiger partial charge < -0.3 is 5.32 Å². The maximum absolute atomic E-state index is 13.3. The van der Waals surface area contributed by atoms with Gasteiger partial charge in [0.2, 0.25) is 0 Å². The minimum Gasteiger partial charge on any atom is -0.366 e. The van der Waals surface area contributed by atoms with Gasteiger partial charge in [0.1, 0.15) is 35.5 Å². The number of halogens is 2. The van der Waals surface area contributed by atoms with Crippen LogP contribution in [0.25, 0.3) is 0 Å². The first kappa shape index (κ1) is 11.9. The third-order valence-electron chi connectivity index (χ3n) is 2.26. The minimum absolute atomic E-state index is 0.147. The zero-order chi connectivity index (χ0) is 13.0. The van der Waals surface area contributed by atoms with Crippen molar-refractivity contribution in [1.29, 1.82) is 5.26 Å². The smallest absolute Gasteiger partial charge is 0.145 e. The molecule has 2 rings (SSSR count). The highest BCUT2D eigenvalue weighted by Gasteiger charge is 2.04. The fraction of sp³-hybridized carbons (Fsp3) is 0.0833. The molecule has 1 aromatic heterocycles. The SMILES string of the molecule is N#Cc1cc(NCc2ccc(F)cc2F)ncn1. The Morgan fingerprint density at radius 2 is 2.06 bits per heavy atom. The van der Waals surface area contributed by atoms with Crippen LogP contribution in [0.4, 0.5) is 14.6 Å². The maximum atomic E-state index is 13.3. The summed E-state index contributed by atoms with van der Waals surface area (Å²) in [7, 11) is 0. The largest absolute Gasteiger partial charge is 0.366 e. The van der Waals surface area contributed by atoms with Gasteiger partial charge in [-0.3, -0.25) is 0 Å². The second kappa shape index (κ2) is 5.19. The number of anilines is 1. The third-order valence-corrected chi connectivity index (χ3v) is 2.26. The van der Waals surface area contributed by atoms with Crippen LogP contribution in [0.15, 0.2) is 30.6 Å². The topological polar surface area (TPSA) is 61.6 Å². The van der Waals surface area contributed by atoms with Gasteiger partial charge in [-0.2, -0.15) is 5.26 Å². The van der Waals surface area contributed by atoms with Crippen LogP contribution in [-0.4, -0.2) is 9.97 Å². The van der Waals surface area contributed by atoms with Crippen LogP contribution >= 0.6 is 0 Å². The molecular formula is C12H8F2N4. The Morgan fingerprint density at radius 3 is 2.78 bits per heavy atom. The summed E-state index contributed by atoms with van der Waals surface area (Å²) in [6.45, 7) is 0.147. The van der Waals surface area contributed by atoms with Crippen LogP contribution < -0.4 is 5.32 Å². The lowest BCUT2D eigenvalue weighted by molar-refractivity contribution is 0.574. The van der Waals surface area contributed by atoms with Crippen molar-refractivity contribution in [3.05, 3.63) is 53.5 Å². The number of rotatable bonds is 3. The highest BCUT2D eigenvalue weighted by molar-refractivity contribution is 5.39. The predicted molar refractivity (Wildman–Crippen MR) is 60.4 cm³/mol. The van der Waals surface area contributed by atoms with Crippen molar-refractivity contribution in [3.63, 3.8) is 0 Å². The van der Waals surface area contributed by atoms with Gasteiger partial charge in [-0.25, -0.2) is 18.7 Å². The molecule has 0 bridgehead atoms. The molecule has 0 aliphatic heterocycles. The number of nitrogens with zero attached hydrogens (tertiary/aromatic N) is 3. The summed E-state index contributed by atoms with van der Waals surface area (Å²) in [4.78, 5) is 7.59. The van der Waals surface area contributed by atoms with E-state index < -0.39 is 11.6 Å². The molecule has 0 saturated carbocycles. The highest BCUT2D eigenvalue weighted by Crippen LogP contribution is 2.11. The van der Waals surface area contributed by atoms with Gasteiger partial charge in [0, 0.05) is 24.2 Å². The lowest BCUT2D eigenvalue weighted by atomic mass is 10.2. The Bertz CT molecular complexity index is 607. The monoisotopic (exact) mass is 246 g/mol. The second-order valence-electron chi connectivity index (χ2n) is 3.49. The molecule has 2 aromatic rings. The van der Waals surface area contributed by atoms with E-state index in [-0.39, 0.29) is 12.2 Å². The lowest BCUT2D eigenvalue weighted by Crippen LogP contribution is -2.04. The zero-order valence-corrected chi connectivity index (χ0v) is 9.19. The van der Waals surface area contributed by atoms with E-state index in [1.165, 1.54) is 24.5 Å². The van der Waals surface area contributed by atoms with E-state index in [9.17, 15) is 8.78 Å². The lowest BCUT2D eigenvalue weighted by Gasteiger charge is -2.06. The van der Waals surface area contributed by atoms with Crippen LogP contribution in [0.2, 0.25) is 0 Å². The normalized spacial score (nSPS) is 9.83. The summed E-state index contributed by atoms with van der Waals surface area (Å²) in [5.74, 6) is -0.840. The fourth-order valence-corrected chi connectivity index (χ4v) is 1.37. The van der Waals surface area contributed by atoms with E-state index in [1.54, 1.807) is 0 Å². The third kappa shape index (κ3) is 2.77. The molecule has 0 radical (unpaired) electrons. The van der Waals surface area contributed by atoms with Crippen molar-refractivity contribution >= 4 is 5.82 Å². The number of benzene rings is 1. The van der Waals surface area contributed by atoms with Gasteiger partial charge in [0.05, 0.1) is 0 Å². The highest BCUT2D eigenvalue weighted by atomic mass is 19.1. The molecule has 18 heavy (non-hydrogen) atoms. The summed E-state index contributed by atoms with van der Waals surface area (Å²) in [6, 6.07) is 6.67. The molecule has 0 unspecified atom stereocenters. The Kier molecular flexibility index (Phi) is 3.44. The molecule has 1 N–H and O–H groups in total. The first-order chi connectivity index (χ1) is 8.69. The van der Waals surface area contributed by atoms with Crippen molar-refractivity contribution in [1.82, 2.24) is 9.97 Å². The van der Waals surface area contributed by atoms with E-state index in [0.717, 1.165) is 6.07 Å². The summed E-state index contributed by atoms with van der Waals surface area (Å²) < 4.78 is 26.0. The molecule has 1 aromatic carbocycles. The van der Waals surface area contributed by atoms with Gasteiger partial charge in [-0.05, 0) is 6.07 Å². The van der Waals surface area contributed by atoms with Crippen LogP contribution in [0.5, 0.6) is 0 Å². The van der Waals surface area contributed by atoms with Gasteiger partial charge >= 0.3 is 0 Å². The van der Waals surface area contributed by atoms with E-state index in [1.807, 2.05) is 6.07 Å². The molecule has 1 heterocycles. The zero-order valence-electron chi connectivity index (χ0n) is 9.19. The molecule has 0 aliphatic rings. The Morgan fingerprint density at radius 1 is 1.22 bits per heavy atom. The van der Waals surface area contributed by atoms with Crippen LogP contribution in [0.3, 0.4) is 0 Å². The summed E-state index contributed by atoms with van der Waals surface area (Å²) in [5.41, 5.74) is 0.528. The number of nitrogens with one attached hydrogen (secondary N) is 1. The molecule has 90 valence electrons. The first-order valence-electron chi connectivity index (χ1n) is 5.09. The van der Waals surface area contributed by atoms with Crippen molar-refractivity contribution in [2.24, 2.45) is 0 Å². The Balaban J connectivity index is 2.09. The Hall–Kier alpha value is -2.55. The quantitative estimate of drug-likeness (QED) is 0.902. The number of aromatic nitrogens is 2. The van der Waals surface area contributed by atoms with Crippen molar-refractivity contribution < 1.29 is 8.78 Å². The number of hydrogen-bond donors (Lipinski definition) is 1. The van der Waals surface area contributed by atoms with Crippen LogP contribution in [0, 0.1) is 23.0 Å². The average Bonchev–Trinajstić information content (AvgIpc) is 2.38. The molecule has 0 fully saturated rings. The minimum atomic E-state index is -0.628. The van der Waals surface area contributed by atoms with Gasteiger partial charge in [-0.1, -0.05) is 6.07 Å². The van der Waals surface area contributed by atoms with E-state index >= 15 is 0 Å². The second-order valence-corrected chi connectivity index (χ2v) is 3.49. The van der Waals surface area contributed by atoms with Gasteiger partial charge in [-0.15, -0.1) is 0 Å². The van der Waals surface area contributed by atoms with Crippen LogP contribution in [0.1, 0.15) is 11.3 Å². The first-order valence-corrected chi connectivity index (χ1v) is 5.09. The Labute approximate surface area is 102 Å². The van der Waals surface area contributed by atoms with Gasteiger partial charge in [0.25, 0.3) is 0 Å². The molecule has 0 spiro atoms.